The van der Waals surface area contributed by atoms with Gasteiger partial charge in [0.2, 0.25) is 0 Å². The van der Waals surface area contributed by atoms with E-state index in [2.05, 4.69) is 49.1 Å². The number of hydrogen-bond acceptors (Lipinski definition) is 4. The number of hydrogen-bond donors (Lipinski definition) is 1. The molecule has 4 heteroatoms. The third-order valence-electron chi connectivity index (χ3n) is 4.33. The van der Waals surface area contributed by atoms with Gasteiger partial charge in [-0.3, -0.25) is 0 Å². The molecule has 2 rings (SSSR count). The van der Waals surface area contributed by atoms with E-state index in [1.165, 1.54) is 31.4 Å². The standard InChI is InChI=1S/C17H30N4/c1-5-14-9-7-8-10-21(14)16-12-19-17(13(3)4)20-15(16)11-18-6-2/h12-14,18H,5-11H2,1-4H3. The molecule has 118 valence electrons. The lowest BCUT2D eigenvalue weighted by Crippen LogP contribution is -2.40. The second-order valence-corrected chi connectivity index (χ2v) is 6.25. The average molecular weight is 290 g/mol. The topological polar surface area (TPSA) is 41.1 Å². The maximum atomic E-state index is 4.84. The molecule has 0 aliphatic carbocycles. The third-order valence-corrected chi connectivity index (χ3v) is 4.33. The summed E-state index contributed by atoms with van der Waals surface area (Å²) in [6.45, 7) is 11.7. The largest absolute Gasteiger partial charge is 0.366 e. The van der Waals surface area contributed by atoms with Gasteiger partial charge in [0.25, 0.3) is 0 Å². The fourth-order valence-electron chi connectivity index (χ4n) is 3.06. The van der Waals surface area contributed by atoms with E-state index in [4.69, 9.17) is 4.98 Å². The van der Waals surface area contributed by atoms with Gasteiger partial charge < -0.3 is 10.2 Å². The van der Waals surface area contributed by atoms with Crippen molar-refractivity contribution in [1.29, 1.82) is 0 Å². The zero-order chi connectivity index (χ0) is 15.2. The van der Waals surface area contributed by atoms with Crippen LogP contribution in [0.25, 0.3) is 0 Å². The Bertz CT molecular complexity index is 444. The molecule has 0 saturated carbocycles. The van der Waals surface area contributed by atoms with Crippen molar-refractivity contribution in [3.8, 4) is 0 Å². The molecule has 1 aromatic heterocycles. The first-order chi connectivity index (χ1) is 10.2. The van der Waals surface area contributed by atoms with Gasteiger partial charge in [0, 0.05) is 25.0 Å². The van der Waals surface area contributed by atoms with Crippen molar-refractivity contribution in [1.82, 2.24) is 15.3 Å². The smallest absolute Gasteiger partial charge is 0.131 e. The summed E-state index contributed by atoms with van der Waals surface area (Å²) >= 11 is 0. The monoisotopic (exact) mass is 290 g/mol. The highest BCUT2D eigenvalue weighted by Crippen LogP contribution is 2.29. The van der Waals surface area contributed by atoms with Gasteiger partial charge >= 0.3 is 0 Å². The van der Waals surface area contributed by atoms with Crippen LogP contribution >= 0.6 is 0 Å². The highest BCUT2D eigenvalue weighted by atomic mass is 15.2. The van der Waals surface area contributed by atoms with E-state index in [9.17, 15) is 0 Å². The zero-order valence-electron chi connectivity index (χ0n) is 14.0. The fourth-order valence-corrected chi connectivity index (χ4v) is 3.06. The summed E-state index contributed by atoms with van der Waals surface area (Å²) in [5, 5.41) is 3.43. The van der Waals surface area contributed by atoms with Crippen LogP contribution in [-0.4, -0.2) is 29.1 Å². The summed E-state index contributed by atoms with van der Waals surface area (Å²) in [6, 6.07) is 0.646. The van der Waals surface area contributed by atoms with Crippen LogP contribution in [0, 0.1) is 0 Å². The molecule has 4 nitrogen and oxygen atoms in total. The van der Waals surface area contributed by atoms with Gasteiger partial charge in [0.05, 0.1) is 17.6 Å². The highest BCUT2D eigenvalue weighted by Gasteiger charge is 2.24. The molecule has 1 aliphatic heterocycles. The number of anilines is 1. The molecule has 1 saturated heterocycles. The Kier molecular flexibility index (Phi) is 5.97. The quantitative estimate of drug-likeness (QED) is 0.871. The van der Waals surface area contributed by atoms with Gasteiger partial charge in [-0.15, -0.1) is 0 Å². The summed E-state index contributed by atoms with van der Waals surface area (Å²) in [4.78, 5) is 12.0. The minimum atomic E-state index is 0.378. The Morgan fingerprint density at radius 3 is 2.81 bits per heavy atom. The molecular formula is C17H30N4. The summed E-state index contributed by atoms with van der Waals surface area (Å²) in [6.07, 6.45) is 7.18. The van der Waals surface area contributed by atoms with E-state index in [-0.39, 0.29) is 0 Å². The van der Waals surface area contributed by atoms with Gasteiger partial charge in [-0.25, -0.2) is 9.97 Å². The molecule has 1 atom stereocenters. The molecule has 21 heavy (non-hydrogen) atoms. The molecule has 0 radical (unpaired) electrons. The second-order valence-electron chi connectivity index (χ2n) is 6.25. The van der Waals surface area contributed by atoms with Crippen molar-refractivity contribution in [3.05, 3.63) is 17.7 Å². The predicted octanol–water partition coefficient (Wildman–Crippen LogP) is 3.48. The predicted molar refractivity (Wildman–Crippen MR) is 88.8 cm³/mol. The molecule has 0 aromatic carbocycles. The minimum absolute atomic E-state index is 0.378. The van der Waals surface area contributed by atoms with Crippen LogP contribution in [0.5, 0.6) is 0 Å². The molecular weight excluding hydrogens is 260 g/mol. The van der Waals surface area contributed by atoms with Crippen LogP contribution in [0.4, 0.5) is 5.69 Å². The number of aromatic nitrogens is 2. The van der Waals surface area contributed by atoms with Crippen LogP contribution in [0.2, 0.25) is 0 Å². The number of nitrogens with one attached hydrogen (secondary N) is 1. The first kappa shape index (κ1) is 16.2. The van der Waals surface area contributed by atoms with Gasteiger partial charge in [-0.1, -0.05) is 27.7 Å². The van der Waals surface area contributed by atoms with Crippen LogP contribution < -0.4 is 10.2 Å². The second kappa shape index (κ2) is 7.74. The van der Waals surface area contributed by atoms with E-state index in [0.29, 0.717) is 12.0 Å². The van der Waals surface area contributed by atoms with Crippen molar-refractivity contribution < 1.29 is 0 Å². The van der Waals surface area contributed by atoms with Crippen LogP contribution in [0.3, 0.4) is 0 Å². The average Bonchev–Trinajstić information content (AvgIpc) is 2.52. The number of nitrogens with zero attached hydrogens (tertiary/aromatic N) is 3. The Balaban J connectivity index is 2.31. The summed E-state index contributed by atoms with van der Waals surface area (Å²) in [7, 11) is 0. The van der Waals surface area contributed by atoms with Crippen LogP contribution in [-0.2, 0) is 6.54 Å². The van der Waals surface area contributed by atoms with E-state index < -0.39 is 0 Å². The molecule has 0 bridgehead atoms. The van der Waals surface area contributed by atoms with Crippen LogP contribution in [0.1, 0.15) is 70.8 Å². The van der Waals surface area contributed by atoms with E-state index in [0.717, 1.165) is 31.2 Å². The molecule has 2 heterocycles. The maximum absolute atomic E-state index is 4.84. The van der Waals surface area contributed by atoms with E-state index in [1.807, 2.05) is 0 Å². The first-order valence-electron chi connectivity index (χ1n) is 8.50. The van der Waals surface area contributed by atoms with Crippen molar-refractivity contribution in [2.45, 2.75) is 71.9 Å². The van der Waals surface area contributed by atoms with Gasteiger partial charge in [0.1, 0.15) is 5.82 Å². The fraction of sp³-hybridized carbons (Fsp3) is 0.765. The molecule has 0 amide bonds. The van der Waals surface area contributed by atoms with Crippen molar-refractivity contribution in [3.63, 3.8) is 0 Å². The van der Waals surface area contributed by atoms with Crippen molar-refractivity contribution >= 4 is 5.69 Å². The molecule has 1 fully saturated rings. The Morgan fingerprint density at radius 1 is 1.33 bits per heavy atom. The zero-order valence-corrected chi connectivity index (χ0v) is 14.0. The van der Waals surface area contributed by atoms with Gasteiger partial charge in [-0.05, 0) is 32.2 Å². The Labute approximate surface area is 129 Å². The molecule has 1 aromatic rings. The first-order valence-corrected chi connectivity index (χ1v) is 8.50. The molecule has 1 N–H and O–H groups in total. The lowest BCUT2D eigenvalue weighted by Gasteiger charge is -2.37. The molecule has 0 spiro atoms. The third kappa shape index (κ3) is 3.94. The van der Waals surface area contributed by atoms with Crippen molar-refractivity contribution in [2.24, 2.45) is 0 Å². The van der Waals surface area contributed by atoms with Crippen LogP contribution in [0.15, 0.2) is 6.20 Å². The SMILES string of the molecule is CCNCc1nc(C(C)C)ncc1N1CCCCC1CC. The Morgan fingerprint density at radius 2 is 2.14 bits per heavy atom. The lowest BCUT2D eigenvalue weighted by atomic mass is 9.99. The molecule has 1 unspecified atom stereocenters. The normalized spacial score (nSPS) is 19.3. The Hall–Kier alpha value is -1.16. The molecule has 1 aliphatic rings. The lowest BCUT2D eigenvalue weighted by molar-refractivity contribution is 0.447. The van der Waals surface area contributed by atoms with Crippen molar-refractivity contribution in [2.75, 3.05) is 18.0 Å². The number of rotatable bonds is 6. The van der Waals surface area contributed by atoms with Gasteiger partial charge in [0.15, 0.2) is 0 Å². The summed E-state index contributed by atoms with van der Waals surface area (Å²) in [5.41, 5.74) is 2.41. The summed E-state index contributed by atoms with van der Waals surface area (Å²) in [5.74, 6) is 1.33. The van der Waals surface area contributed by atoms with Gasteiger partial charge in [-0.2, -0.15) is 0 Å². The number of piperidine rings is 1. The van der Waals surface area contributed by atoms with E-state index in [1.54, 1.807) is 0 Å². The maximum Gasteiger partial charge on any atom is 0.131 e. The highest BCUT2D eigenvalue weighted by molar-refractivity contribution is 5.50. The minimum Gasteiger partial charge on any atom is -0.366 e. The van der Waals surface area contributed by atoms with E-state index >= 15 is 0 Å². The summed E-state index contributed by atoms with van der Waals surface area (Å²) < 4.78 is 0.